The zero-order valence-corrected chi connectivity index (χ0v) is 9.00. The highest BCUT2D eigenvalue weighted by atomic mass is 19.4. The van der Waals surface area contributed by atoms with Crippen molar-refractivity contribution in [2.75, 3.05) is 6.54 Å². The van der Waals surface area contributed by atoms with E-state index in [0.717, 1.165) is 0 Å². The SMILES string of the molecule is CC(C)CCCNC(=O)C(F)(F)C(F)(F)F. The molecule has 0 aliphatic heterocycles. The summed E-state index contributed by atoms with van der Waals surface area (Å²) in [5.74, 6) is -7.30. The van der Waals surface area contributed by atoms with Crippen molar-refractivity contribution < 1.29 is 26.7 Å². The number of rotatable bonds is 5. The van der Waals surface area contributed by atoms with Gasteiger partial charge in [0, 0.05) is 6.54 Å². The number of halogens is 5. The van der Waals surface area contributed by atoms with Crippen molar-refractivity contribution in [2.45, 2.75) is 38.8 Å². The van der Waals surface area contributed by atoms with Crippen LogP contribution in [0.4, 0.5) is 22.0 Å². The van der Waals surface area contributed by atoms with Gasteiger partial charge in [-0.1, -0.05) is 13.8 Å². The van der Waals surface area contributed by atoms with Gasteiger partial charge in [0.15, 0.2) is 0 Å². The average Bonchev–Trinajstić information content (AvgIpc) is 2.09. The summed E-state index contributed by atoms with van der Waals surface area (Å²) in [5, 5.41) is 1.58. The lowest BCUT2D eigenvalue weighted by Gasteiger charge is -2.18. The highest BCUT2D eigenvalue weighted by Gasteiger charge is 2.63. The van der Waals surface area contributed by atoms with Crippen LogP contribution in [0, 0.1) is 5.92 Å². The fraction of sp³-hybridized carbons (Fsp3) is 0.889. The highest BCUT2D eigenvalue weighted by molar-refractivity contribution is 5.84. The van der Waals surface area contributed by atoms with Gasteiger partial charge in [-0.25, -0.2) is 0 Å². The molecular formula is C9H14F5NO. The predicted molar refractivity (Wildman–Crippen MR) is 48.1 cm³/mol. The third kappa shape index (κ3) is 4.32. The summed E-state index contributed by atoms with van der Waals surface area (Å²) in [6.07, 6.45) is -4.82. The van der Waals surface area contributed by atoms with Gasteiger partial charge in [-0.15, -0.1) is 0 Å². The Kier molecular flexibility index (Phi) is 5.15. The molecule has 0 aromatic rings. The molecule has 0 radical (unpaired) electrons. The summed E-state index contributed by atoms with van der Waals surface area (Å²) in [6.45, 7) is 3.58. The number of alkyl halides is 5. The Morgan fingerprint density at radius 3 is 2.06 bits per heavy atom. The predicted octanol–water partition coefficient (Wildman–Crippen LogP) is 2.74. The zero-order valence-electron chi connectivity index (χ0n) is 9.00. The topological polar surface area (TPSA) is 29.1 Å². The Morgan fingerprint density at radius 2 is 1.69 bits per heavy atom. The third-order valence-corrected chi connectivity index (χ3v) is 1.89. The Hall–Kier alpha value is -0.880. The summed E-state index contributed by atoms with van der Waals surface area (Å²) >= 11 is 0. The molecule has 0 saturated carbocycles. The molecule has 7 heteroatoms. The molecule has 96 valence electrons. The molecule has 0 rings (SSSR count). The molecule has 0 heterocycles. The number of nitrogens with one attached hydrogen (secondary N) is 1. The lowest BCUT2D eigenvalue weighted by molar-refractivity contribution is -0.269. The molecular weight excluding hydrogens is 233 g/mol. The molecule has 0 atom stereocenters. The fourth-order valence-electron chi connectivity index (χ4n) is 0.952. The molecule has 0 bridgehead atoms. The van der Waals surface area contributed by atoms with Gasteiger partial charge in [-0.2, -0.15) is 22.0 Å². The minimum atomic E-state index is -5.84. The summed E-state index contributed by atoms with van der Waals surface area (Å²) in [7, 11) is 0. The van der Waals surface area contributed by atoms with Gasteiger partial charge in [0.2, 0.25) is 0 Å². The van der Waals surface area contributed by atoms with Crippen LogP contribution >= 0.6 is 0 Å². The second-order valence-corrected chi connectivity index (χ2v) is 3.86. The van der Waals surface area contributed by atoms with Crippen molar-refractivity contribution in [1.82, 2.24) is 5.32 Å². The largest absolute Gasteiger partial charge is 0.463 e. The molecule has 0 unspecified atom stereocenters. The van der Waals surface area contributed by atoms with Crippen molar-refractivity contribution in [3.63, 3.8) is 0 Å². The molecule has 0 fully saturated rings. The van der Waals surface area contributed by atoms with E-state index in [9.17, 15) is 26.7 Å². The number of hydrogen-bond donors (Lipinski definition) is 1. The molecule has 0 aromatic carbocycles. The summed E-state index contributed by atoms with van der Waals surface area (Å²) in [6, 6.07) is 0. The van der Waals surface area contributed by atoms with Gasteiger partial charge < -0.3 is 5.32 Å². The van der Waals surface area contributed by atoms with Crippen LogP contribution in [0.15, 0.2) is 0 Å². The summed E-state index contributed by atoms with van der Waals surface area (Å²) in [5.41, 5.74) is 0. The van der Waals surface area contributed by atoms with Crippen LogP contribution < -0.4 is 5.32 Å². The van der Waals surface area contributed by atoms with Crippen LogP contribution in [0.2, 0.25) is 0 Å². The quantitative estimate of drug-likeness (QED) is 0.587. The maximum Gasteiger partial charge on any atom is 0.463 e. The van der Waals surface area contributed by atoms with E-state index in [1.54, 1.807) is 5.32 Å². The molecule has 0 aliphatic rings. The van der Waals surface area contributed by atoms with E-state index in [-0.39, 0.29) is 6.54 Å². The van der Waals surface area contributed by atoms with E-state index in [4.69, 9.17) is 0 Å². The average molecular weight is 247 g/mol. The van der Waals surface area contributed by atoms with Crippen molar-refractivity contribution in [1.29, 1.82) is 0 Å². The van der Waals surface area contributed by atoms with Crippen LogP contribution in [0.5, 0.6) is 0 Å². The second kappa shape index (κ2) is 5.45. The van der Waals surface area contributed by atoms with Crippen molar-refractivity contribution >= 4 is 5.91 Å². The first kappa shape index (κ1) is 15.1. The first-order chi connectivity index (χ1) is 7.09. The van der Waals surface area contributed by atoms with E-state index in [1.165, 1.54) is 0 Å². The van der Waals surface area contributed by atoms with Crippen molar-refractivity contribution in [3.05, 3.63) is 0 Å². The zero-order chi connectivity index (χ0) is 13.0. The molecule has 1 amide bonds. The number of carbonyl (C=O) groups excluding carboxylic acids is 1. The smallest absolute Gasteiger partial charge is 0.351 e. The lowest BCUT2D eigenvalue weighted by Crippen LogP contribution is -2.50. The Labute approximate surface area is 90.2 Å². The molecule has 0 spiro atoms. The second-order valence-electron chi connectivity index (χ2n) is 3.86. The maximum absolute atomic E-state index is 12.4. The highest BCUT2D eigenvalue weighted by Crippen LogP contribution is 2.35. The van der Waals surface area contributed by atoms with Crippen LogP contribution in [0.3, 0.4) is 0 Å². The number of hydrogen-bond acceptors (Lipinski definition) is 1. The van der Waals surface area contributed by atoms with Gasteiger partial charge in [0.05, 0.1) is 0 Å². The Morgan fingerprint density at radius 1 is 1.19 bits per heavy atom. The third-order valence-electron chi connectivity index (χ3n) is 1.89. The minimum absolute atomic E-state index is 0.178. The molecule has 0 aromatic heterocycles. The Bertz CT molecular complexity index is 237. The van der Waals surface area contributed by atoms with Crippen molar-refractivity contribution in [2.24, 2.45) is 5.92 Å². The van der Waals surface area contributed by atoms with Gasteiger partial charge in [0.1, 0.15) is 0 Å². The first-order valence-corrected chi connectivity index (χ1v) is 4.82. The normalized spacial score (nSPS) is 13.0. The van der Waals surface area contributed by atoms with Gasteiger partial charge in [0.25, 0.3) is 5.91 Å². The first-order valence-electron chi connectivity index (χ1n) is 4.82. The van der Waals surface area contributed by atoms with Crippen LogP contribution in [0.25, 0.3) is 0 Å². The van der Waals surface area contributed by atoms with E-state index < -0.39 is 18.0 Å². The maximum atomic E-state index is 12.4. The van der Waals surface area contributed by atoms with Gasteiger partial charge >= 0.3 is 12.1 Å². The molecule has 0 aliphatic carbocycles. The van der Waals surface area contributed by atoms with E-state index in [0.29, 0.717) is 18.8 Å². The van der Waals surface area contributed by atoms with Gasteiger partial charge in [-0.05, 0) is 18.8 Å². The number of carbonyl (C=O) groups is 1. The molecule has 2 nitrogen and oxygen atoms in total. The monoisotopic (exact) mass is 247 g/mol. The van der Waals surface area contributed by atoms with E-state index in [1.807, 2.05) is 13.8 Å². The Balaban J connectivity index is 4.07. The standard InChI is InChI=1S/C9H14F5NO/c1-6(2)4-3-5-15-7(16)8(10,11)9(12,13)14/h6H,3-5H2,1-2H3,(H,15,16). The summed E-state index contributed by atoms with van der Waals surface area (Å²) < 4.78 is 59.9. The fourth-order valence-corrected chi connectivity index (χ4v) is 0.952. The molecule has 1 N–H and O–H groups in total. The van der Waals surface area contributed by atoms with E-state index in [2.05, 4.69) is 0 Å². The van der Waals surface area contributed by atoms with Crippen LogP contribution in [-0.4, -0.2) is 24.6 Å². The molecule has 0 saturated heterocycles. The number of amides is 1. The van der Waals surface area contributed by atoms with E-state index >= 15 is 0 Å². The van der Waals surface area contributed by atoms with Gasteiger partial charge in [-0.3, -0.25) is 4.79 Å². The van der Waals surface area contributed by atoms with Crippen LogP contribution in [0.1, 0.15) is 26.7 Å². The lowest BCUT2D eigenvalue weighted by atomic mass is 10.1. The van der Waals surface area contributed by atoms with Crippen molar-refractivity contribution in [3.8, 4) is 0 Å². The minimum Gasteiger partial charge on any atom is -0.351 e. The van der Waals surface area contributed by atoms with Crippen LogP contribution in [-0.2, 0) is 4.79 Å². The summed E-state index contributed by atoms with van der Waals surface area (Å²) in [4.78, 5) is 10.6. The molecule has 16 heavy (non-hydrogen) atoms.